The lowest BCUT2D eigenvalue weighted by atomic mass is 9.84. The lowest BCUT2D eigenvalue weighted by molar-refractivity contribution is 0.107. The Morgan fingerprint density at radius 2 is 0.882 bits per heavy atom. The first kappa shape index (κ1) is 24.4. The molecule has 0 N–H and O–H groups in total. The maximum Gasteiger partial charge on any atom is 0.252 e. The van der Waals surface area contributed by atoms with Gasteiger partial charge in [-0.05, 0) is 140 Å². The van der Waals surface area contributed by atoms with E-state index >= 15 is 0 Å². The molecule has 0 atom stereocenters. The average molecular weight is 532 g/mol. The quantitative estimate of drug-likeness (QED) is 0.246. The zero-order valence-electron chi connectivity index (χ0n) is 17.8. The van der Waals surface area contributed by atoms with Crippen molar-refractivity contribution < 1.29 is 19.2 Å². The highest BCUT2D eigenvalue weighted by Gasteiger charge is 2.23. The molecule has 0 saturated heterocycles. The van der Waals surface area contributed by atoms with Crippen molar-refractivity contribution in [1.29, 1.82) is 0 Å². The summed E-state index contributed by atoms with van der Waals surface area (Å²) in [6, 6.07) is 13.0. The molecule has 0 bridgehead atoms. The van der Waals surface area contributed by atoms with Crippen LogP contribution in [0.2, 0.25) is 0 Å². The van der Waals surface area contributed by atoms with E-state index in [9.17, 15) is 19.2 Å². The summed E-state index contributed by atoms with van der Waals surface area (Å²) in [5.41, 5.74) is 3.45. The van der Waals surface area contributed by atoms with E-state index in [1.807, 2.05) is 0 Å². The second-order valence-electron chi connectivity index (χ2n) is 7.81. The van der Waals surface area contributed by atoms with Crippen LogP contribution in [0, 0.1) is 13.8 Å². The van der Waals surface area contributed by atoms with E-state index in [0.29, 0.717) is 43.8 Å². The number of carbonyl (C=O) groups excluding carboxylic acids is 4. The summed E-state index contributed by atoms with van der Waals surface area (Å²) in [6.07, 6.45) is 0. The van der Waals surface area contributed by atoms with Gasteiger partial charge in [-0.2, -0.15) is 0 Å². The first-order valence-corrected chi connectivity index (χ1v) is 11.5. The highest BCUT2D eigenvalue weighted by Crippen LogP contribution is 2.42. The molecule has 4 aromatic rings. The average Bonchev–Trinajstić information content (AvgIpc) is 2.78. The third-order valence-corrected chi connectivity index (χ3v) is 6.77. The third-order valence-electron chi connectivity index (χ3n) is 5.93. The van der Waals surface area contributed by atoms with Gasteiger partial charge < -0.3 is 0 Å². The SMILES string of the molecule is Cc1c(C(=O)Cl)cc2cc(C(=O)Cl)ccc2c1-c1c(C)c(C(=O)Cl)cc2cc(C(=O)Cl)ccc12. The zero-order chi connectivity index (χ0) is 24.9. The Morgan fingerprint density at radius 1 is 0.529 bits per heavy atom. The van der Waals surface area contributed by atoms with Crippen molar-refractivity contribution in [2.45, 2.75) is 13.8 Å². The maximum atomic E-state index is 12.3. The van der Waals surface area contributed by atoms with Gasteiger partial charge in [-0.3, -0.25) is 19.2 Å². The minimum atomic E-state index is -0.676. The normalized spacial score (nSPS) is 11.1. The zero-order valence-corrected chi connectivity index (χ0v) is 20.8. The summed E-state index contributed by atoms with van der Waals surface area (Å²) in [5.74, 6) is 0. The number of rotatable bonds is 5. The highest BCUT2D eigenvalue weighted by atomic mass is 35.5. The molecule has 0 heterocycles. The molecule has 8 heteroatoms. The fourth-order valence-corrected chi connectivity index (χ4v) is 4.95. The van der Waals surface area contributed by atoms with Crippen LogP contribution in [0.3, 0.4) is 0 Å². The summed E-state index contributed by atoms with van der Waals surface area (Å²) in [7, 11) is 0. The lowest BCUT2D eigenvalue weighted by Gasteiger charge is -2.20. The summed E-state index contributed by atoms with van der Waals surface area (Å²) in [4.78, 5) is 48.1. The molecule has 4 rings (SSSR count). The lowest BCUT2D eigenvalue weighted by Crippen LogP contribution is -2.03. The van der Waals surface area contributed by atoms with Crippen LogP contribution in [-0.2, 0) is 0 Å². The molecule has 4 aromatic carbocycles. The molecule has 0 fully saturated rings. The first-order chi connectivity index (χ1) is 16.0. The second-order valence-corrected chi connectivity index (χ2v) is 9.19. The van der Waals surface area contributed by atoms with Gasteiger partial charge in [0.25, 0.3) is 21.0 Å². The number of fused-ring (bicyclic) bond motifs is 2. The van der Waals surface area contributed by atoms with Gasteiger partial charge in [0, 0.05) is 22.3 Å². The fourth-order valence-electron chi connectivity index (χ4n) is 4.32. The Labute approximate surface area is 214 Å². The van der Waals surface area contributed by atoms with Crippen molar-refractivity contribution in [3.05, 3.63) is 81.9 Å². The molecule has 0 saturated carbocycles. The highest BCUT2D eigenvalue weighted by molar-refractivity contribution is 6.69. The number of hydrogen-bond acceptors (Lipinski definition) is 4. The molecule has 0 aliphatic heterocycles. The van der Waals surface area contributed by atoms with E-state index in [2.05, 4.69) is 0 Å². The van der Waals surface area contributed by atoms with Crippen LogP contribution < -0.4 is 0 Å². The monoisotopic (exact) mass is 530 g/mol. The van der Waals surface area contributed by atoms with Gasteiger partial charge in [-0.1, -0.05) is 12.1 Å². The Kier molecular flexibility index (Phi) is 6.54. The topological polar surface area (TPSA) is 68.3 Å². The molecular formula is C26H14Cl4O4. The second kappa shape index (κ2) is 9.12. The standard InChI is InChI=1S/C26H14Cl4O4/c1-11-19(25(29)33)9-15-7-13(23(27)31)3-5-17(15)21(11)22-12(2)20(26(30)34)10-16-8-14(24(28)32)4-6-18(16)22/h3-10H,1-2H3. The number of carbonyl (C=O) groups is 4. The molecule has 0 radical (unpaired) electrons. The molecule has 0 aliphatic carbocycles. The van der Waals surface area contributed by atoms with Crippen LogP contribution in [0.15, 0.2) is 48.5 Å². The Hall–Kier alpha value is -2.76. The van der Waals surface area contributed by atoms with Gasteiger partial charge in [-0.15, -0.1) is 0 Å². The maximum absolute atomic E-state index is 12.3. The summed E-state index contributed by atoms with van der Waals surface area (Å²) in [5, 5.41) is -0.0779. The predicted molar refractivity (Wildman–Crippen MR) is 137 cm³/mol. The van der Waals surface area contributed by atoms with E-state index in [1.54, 1.807) is 62.4 Å². The minimum Gasteiger partial charge on any atom is -0.276 e. The van der Waals surface area contributed by atoms with Crippen molar-refractivity contribution in [1.82, 2.24) is 0 Å². The van der Waals surface area contributed by atoms with Crippen molar-refractivity contribution in [2.75, 3.05) is 0 Å². The third kappa shape index (κ3) is 4.12. The largest absolute Gasteiger partial charge is 0.276 e. The predicted octanol–water partition coefficient (Wildman–Crippen LogP) is 7.79. The minimum absolute atomic E-state index is 0.242. The molecule has 0 aromatic heterocycles. The van der Waals surface area contributed by atoms with E-state index in [4.69, 9.17) is 46.4 Å². The number of hydrogen-bond donors (Lipinski definition) is 0. The smallest absolute Gasteiger partial charge is 0.252 e. The first-order valence-electron chi connectivity index (χ1n) is 9.95. The van der Waals surface area contributed by atoms with E-state index in [1.165, 1.54) is 0 Å². The molecule has 0 unspecified atom stereocenters. The van der Waals surface area contributed by atoms with Crippen LogP contribution in [0.4, 0.5) is 0 Å². The molecule has 0 amide bonds. The molecule has 4 nitrogen and oxygen atoms in total. The van der Waals surface area contributed by atoms with Crippen LogP contribution in [0.25, 0.3) is 32.7 Å². The van der Waals surface area contributed by atoms with Gasteiger partial charge in [0.15, 0.2) is 0 Å². The van der Waals surface area contributed by atoms with E-state index in [0.717, 1.165) is 0 Å². The van der Waals surface area contributed by atoms with Gasteiger partial charge in [-0.25, -0.2) is 0 Å². The Bertz CT molecular complexity index is 1470. The molecular weight excluding hydrogens is 518 g/mol. The van der Waals surface area contributed by atoms with Gasteiger partial charge in [0.05, 0.1) is 0 Å². The molecule has 0 aliphatic rings. The summed E-state index contributed by atoms with van der Waals surface area (Å²) in [6.45, 7) is 3.50. The van der Waals surface area contributed by atoms with Gasteiger partial charge >= 0.3 is 0 Å². The summed E-state index contributed by atoms with van der Waals surface area (Å²) < 4.78 is 0. The van der Waals surface area contributed by atoms with Crippen molar-refractivity contribution in [2.24, 2.45) is 0 Å². The van der Waals surface area contributed by atoms with Gasteiger partial charge in [0.1, 0.15) is 0 Å². The Morgan fingerprint density at radius 3 is 1.18 bits per heavy atom. The van der Waals surface area contributed by atoms with Crippen molar-refractivity contribution in [3.63, 3.8) is 0 Å². The van der Waals surface area contributed by atoms with E-state index < -0.39 is 21.0 Å². The van der Waals surface area contributed by atoms with Crippen LogP contribution in [0.1, 0.15) is 52.6 Å². The van der Waals surface area contributed by atoms with Crippen LogP contribution >= 0.6 is 46.4 Å². The van der Waals surface area contributed by atoms with Crippen LogP contribution in [-0.4, -0.2) is 21.0 Å². The number of benzene rings is 4. The molecule has 0 spiro atoms. The summed E-state index contributed by atoms with van der Waals surface area (Å²) >= 11 is 23.2. The molecule has 34 heavy (non-hydrogen) atoms. The molecule has 170 valence electrons. The van der Waals surface area contributed by atoms with E-state index in [-0.39, 0.29) is 22.3 Å². The van der Waals surface area contributed by atoms with Gasteiger partial charge in [0.2, 0.25) is 0 Å². The van der Waals surface area contributed by atoms with Crippen LogP contribution in [0.5, 0.6) is 0 Å². The fraction of sp³-hybridized carbons (Fsp3) is 0.0769. The van der Waals surface area contributed by atoms with Crippen molar-refractivity contribution in [3.8, 4) is 11.1 Å². The Balaban J connectivity index is 2.25. The van der Waals surface area contributed by atoms with Crippen molar-refractivity contribution >= 4 is 88.9 Å². The number of halogens is 4.